The van der Waals surface area contributed by atoms with E-state index >= 15 is 0 Å². The molecule has 2 N–H and O–H groups in total. The van der Waals surface area contributed by atoms with Gasteiger partial charge in [0, 0.05) is 12.1 Å². The fourth-order valence-electron chi connectivity index (χ4n) is 2.00. The molecule has 0 radical (unpaired) electrons. The van der Waals surface area contributed by atoms with Gasteiger partial charge in [0.15, 0.2) is 5.76 Å². The second kappa shape index (κ2) is 7.09. The molecule has 4 nitrogen and oxygen atoms in total. The van der Waals surface area contributed by atoms with Crippen LogP contribution in [0.2, 0.25) is 0 Å². The average molecular weight is 287 g/mol. The van der Waals surface area contributed by atoms with E-state index in [0.29, 0.717) is 18.7 Å². The number of amides is 1. The van der Waals surface area contributed by atoms with Crippen LogP contribution in [0.25, 0.3) is 11.3 Å². The quantitative estimate of drug-likeness (QED) is 0.858. The minimum Gasteiger partial charge on any atom is -0.451 e. The van der Waals surface area contributed by atoms with E-state index in [2.05, 4.69) is 24.4 Å². The summed E-state index contributed by atoms with van der Waals surface area (Å²) in [6.07, 6.45) is 1.10. The molecule has 1 heterocycles. The Labute approximate surface area is 124 Å². The topological polar surface area (TPSA) is 62.5 Å². The molecular weight excluding hydrogens is 266 g/mol. The van der Waals surface area contributed by atoms with Crippen LogP contribution in [0.15, 0.2) is 40.8 Å². The number of nitrogens with one attached hydrogen (secondary N) is 1. The van der Waals surface area contributed by atoms with Crippen LogP contribution in [0.3, 0.4) is 0 Å². The highest BCUT2D eigenvalue weighted by Crippen LogP contribution is 2.22. The van der Waals surface area contributed by atoms with E-state index in [4.69, 9.17) is 9.52 Å². The lowest BCUT2D eigenvalue weighted by molar-refractivity contribution is 0.0919. The number of aliphatic hydroxyl groups excluding tert-OH is 1. The first-order chi connectivity index (χ1) is 10.1. The van der Waals surface area contributed by atoms with Crippen molar-refractivity contribution in [2.45, 2.75) is 32.8 Å². The minimum atomic E-state index is -0.422. The number of hydrogen-bond acceptors (Lipinski definition) is 3. The summed E-state index contributed by atoms with van der Waals surface area (Å²) < 4.78 is 5.59. The van der Waals surface area contributed by atoms with Crippen LogP contribution in [0.4, 0.5) is 0 Å². The molecule has 0 spiro atoms. The van der Waals surface area contributed by atoms with Gasteiger partial charge in [-0.05, 0) is 37.5 Å². The largest absolute Gasteiger partial charge is 0.451 e. The van der Waals surface area contributed by atoms with Gasteiger partial charge in [-0.2, -0.15) is 0 Å². The number of carbonyl (C=O) groups is 1. The zero-order chi connectivity index (χ0) is 15.2. The minimum absolute atomic E-state index is 0.257. The van der Waals surface area contributed by atoms with Crippen LogP contribution in [0, 0.1) is 0 Å². The Bertz CT molecular complexity index is 584. The molecule has 0 saturated carbocycles. The Balaban J connectivity index is 2.01. The van der Waals surface area contributed by atoms with E-state index in [1.807, 2.05) is 12.1 Å². The molecule has 4 heteroatoms. The van der Waals surface area contributed by atoms with Crippen molar-refractivity contribution < 1.29 is 14.3 Å². The molecule has 1 unspecified atom stereocenters. The number of aliphatic hydroxyl groups is 1. The third-order valence-corrected chi connectivity index (χ3v) is 3.32. The first-order valence-electron chi connectivity index (χ1n) is 7.25. The highest BCUT2D eigenvalue weighted by molar-refractivity contribution is 5.92. The number of rotatable bonds is 6. The zero-order valence-electron chi connectivity index (χ0n) is 12.4. The lowest BCUT2D eigenvalue weighted by atomic mass is 10.1. The van der Waals surface area contributed by atoms with Gasteiger partial charge in [0.05, 0.1) is 6.10 Å². The summed E-state index contributed by atoms with van der Waals surface area (Å²) in [5.74, 6) is 0.709. The van der Waals surface area contributed by atoms with E-state index in [9.17, 15) is 4.79 Å². The third-order valence-electron chi connectivity index (χ3n) is 3.32. The fraction of sp³-hybridized carbons (Fsp3) is 0.353. The van der Waals surface area contributed by atoms with E-state index in [1.165, 1.54) is 5.56 Å². The summed E-state index contributed by atoms with van der Waals surface area (Å²) in [5, 5.41) is 11.9. The lowest BCUT2D eigenvalue weighted by Gasteiger charge is -2.05. The molecule has 0 aliphatic heterocycles. The van der Waals surface area contributed by atoms with Crippen molar-refractivity contribution in [1.29, 1.82) is 0 Å². The molecule has 2 aromatic rings. The summed E-state index contributed by atoms with van der Waals surface area (Å²) in [7, 11) is 0. The van der Waals surface area contributed by atoms with Crippen molar-refractivity contribution in [3.63, 3.8) is 0 Å². The second-order valence-electron chi connectivity index (χ2n) is 5.11. The van der Waals surface area contributed by atoms with Crippen molar-refractivity contribution in [3.05, 3.63) is 47.7 Å². The summed E-state index contributed by atoms with van der Waals surface area (Å²) in [4.78, 5) is 11.9. The standard InChI is InChI=1S/C17H21NO3/c1-3-13-4-6-14(7-5-13)15-8-9-16(21-15)17(20)18-11-10-12(2)19/h4-9,12,19H,3,10-11H2,1-2H3,(H,18,20). The third kappa shape index (κ3) is 4.20. The van der Waals surface area contributed by atoms with Gasteiger partial charge in [-0.1, -0.05) is 31.2 Å². The molecule has 0 bridgehead atoms. The molecular formula is C17H21NO3. The maximum Gasteiger partial charge on any atom is 0.287 e. The molecule has 2 rings (SSSR count). The normalized spacial score (nSPS) is 12.1. The summed E-state index contributed by atoms with van der Waals surface area (Å²) in [6, 6.07) is 11.6. The van der Waals surface area contributed by atoms with E-state index in [-0.39, 0.29) is 11.7 Å². The Morgan fingerprint density at radius 2 is 1.95 bits per heavy atom. The van der Waals surface area contributed by atoms with Gasteiger partial charge < -0.3 is 14.8 Å². The average Bonchev–Trinajstić information content (AvgIpc) is 2.97. The van der Waals surface area contributed by atoms with Crippen molar-refractivity contribution in [2.75, 3.05) is 6.54 Å². The summed E-state index contributed by atoms with van der Waals surface area (Å²) in [5.41, 5.74) is 2.22. The molecule has 112 valence electrons. The Morgan fingerprint density at radius 1 is 1.24 bits per heavy atom. The number of hydrogen-bond donors (Lipinski definition) is 2. The SMILES string of the molecule is CCc1ccc(-c2ccc(C(=O)NCCC(C)O)o2)cc1. The Hall–Kier alpha value is -2.07. The molecule has 0 fully saturated rings. The van der Waals surface area contributed by atoms with Crippen LogP contribution in [0.1, 0.15) is 36.4 Å². The van der Waals surface area contributed by atoms with E-state index < -0.39 is 6.10 Å². The number of aryl methyl sites for hydroxylation is 1. The fourth-order valence-corrected chi connectivity index (χ4v) is 2.00. The van der Waals surface area contributed by atoms with Gasteiger partial charge in [0.25, 0.3) is 5.91 Å². The highest BCUT2D eigenvalue weighted by atomic mass is 16.3. The van der Waals surface area contributed by atoms with Gasteiger partial charge in [-0.15, -0.1) is 0 Å². The number of carbonyl (C=O) groups excluding carboxylic acids is 1. The van der Waals surface area contributed by atoms with Gasteiger partial charge in [0.2, 0.25) is 0 Å². The van der Waals surface area contributed by atoms with Crippen molar-refractivity contribution in [1.82, 2.24) is 5.32 Å². The summed E-state index contributed by atoms with van der Waals surface area (Å²) >= 11 is 0. The lowest BCUT2D eigenvalue weighted by Crippen LogP contribution is -2.26. The smallest absolute Gasteiger partial charge is 0.287 e. The van der Waals surface area contributed by atoms with Gasteiger partial charge in [-0.3, -0.25) is 4.79 Å². The van der Waals surface area contributed by atoms with E-state index in [1.54, 1.807) is 19.1 Å². The monoisotopic (exact) mass is 287 g/mol. The van der Waals surface area contributed by atoms with Crippen molar-refractivity contribution in [3.8, 4) is 11.3 Å². The predicted octanol–water partition coefficient (Wildman–Crippen LogP) is 3.01. The molecule has 1 aromatic heterocycles. The zero-order valence-corrected chi connectivity index (χ0v) is 12.4. The first-order valence-corrected chi connectivity index (χ1v) is 7.25. The molecule has 1 atom stereocenters. The molecule has 21 heavy (non-hydrogen) atoms. The predicted molar refractivity (Wildman–Crippen MR) is 82.2 cm³/mol. The maximum atomic E-state index is 11.9. The highest BCUT2D eigenvalue weighted by Gasteiger charge is 2.12. The number of furan rings is 1. The van der Waals surface area contributed by atoms with Gasteiger partial charge in [-0.25, -0.2) is 0 Å². The molecule has 1 amide bonds. The Morgan fingerprint density at radius 3 is 2.57 bits per heavy atom. The molecule has 0 aliphatic carbocycles. The van der Waals surface area contributed by atoms with Crippen molar-refractivity contribution >= 4 is 5.91 Å². The molecule has 1 aromatic carbocycles. The van der Waals surface area contributed by atoms with Gasteiger partial charge in [0.1, 0.15) is 5.76 Å². The second-order valence-corrected chi connectivity index (χ2v) is 5.11. The maximum absolute atomic E-state index is 11.9. The molecule has 0 aliphatic rings. The molecule has 0 saturated heterocycles. The Kier molecular flexibility index (Phi) is 5.17. The number of benzene rings is 1. The first kappa shape index (κ1) is 15.3. The summed E-state index contributed by atoms with van der Waals surface area (Å²) in [6.45, 7) is 4.23. The van der Waals surface area contributed by atoms with Crippen molar-refractivity contribution in [2.24, 2.45) is 0 Å². The van der Waals surface area contributed by atoms with Crippen LogP contribution < -0.4 is 5.32 Å². The van der Waals surface area contributed by atoms with Crippen LogP contribution in [-0.2, 0) is 6.42 Å². The van der Waals surface area contributed by atoms with Gasteiger partial charge >= 0.3 is 0 Å². The van der Waals surface area contributed by atoms with Crippen LogP contribution >= 0.6 is 0 Å². The van der Waals surface area contributed by atoms with Crippen LogP contribution in [-0.4, -0.2) is 23.7 Å². The van der Waals surface area contributed by atoms with Crippen LogP contribution in [0.5, 0.6) is 0 Å². The van der Waals surface area contributed by atoms with E-state index in [0.717, 1.165) is 12.0 Å².